The minimum absolute atomic E-state index is 0.154. The molecule has 2 heterocycles. The molecule has 0 radical (unpaired) electrons. The lowest BCUT2D eigenvalue weighted by Gasteiger charge is -2.32. The van der Waals surface area contributed by atoms with E-state index in [0.29, 0.717) is 36.0 Å². The number of piperidine rings is 1. The molecule has 0 spiro atoms. The topological polar surface area (TPSA) is 71.5 Å². The van der Waals surface area contributed by atoms with Gasteiger partial charge < -0.3 is 15.0 Å². The van der Waals surface area contributed by atoms with E-state index in [0.717, 1.165) is 24.8 Å². The Morgan fingerprint density at radius 3 is 2.48 bits per heavy atom. The third-order valence-corrected chi connectivity index (χ3v) is 6.26. The molecule has 33 heavy (non-hydrogen) atoms. The minimum Gasteiger partial charge on any atom is -0.480 e. The van der Waals surface area contributed by atoms with E-state index in [1.807, 2.05) is 17.0 Å². The Morgan fingerprint density at radius 1 is 1.24 bits per heavy atom. The maximum atomic E-state index is 13.3. The number of aromatic nitrogens is 1. The molecule has 1 aliphatic rings. The molecule has 1 saturated heterocycles. The molecule has 0 saturated carbocycles. The van der Waals surface area contributed by atoms with Crippen LogP contribution in [0.15, 0.2) is 30.3 Å². The van der Waals surface area contributed by atoms with Crippen LogP contribution < -0.4 is 10.1 Å². The fraction of sp³-hybridized carbons (Fsp3) is 0.400. The zero-order valence-electron chi connectivity index (χ0n) is 19.6. The highest BCUT2D eigenvalue weighted by atomic mass is 28.3. The van der Waals surface area contributed by atoms with E-state index in [1.54, 1.807) is 6.07 Å². The van der Waals surface area contributed by atoms with Crippen LogP contribution in [0.3, 0.4) is 0 Å². The number of ether oxygens (including phenoxy) is 1. The van der Waals surface area contributed by atoms with Crippen molar-refractivity contribution < 1.29 is 18.7 Å². The molecule has 1 fully saturated rings. The third-order valence-electron chi connectivity index (χ3n) is 5.54. The molecule has 1 aliphatic heterocycles. The highest BCUT2D eigenvalue weighted by Gasteiger charge is 2.27. The number of carbonyl (C=O) groups excluding carboxylic acids is 2. The zero-order valence-corrected chi connectivity index (χ0v) is 20.7. The lowest BCUT2D eigenvalue weighted by Crippen LogP contribution is -2.39. The SMILES string of the molecule is COc1nc(NC(C)=O)c(C#C[SiH](C)C)cc1C(=O)N1CCC(Cc2ccc(F)cc2)CC1. The number of hydrogen-bond donors (Lipinski definition) is 1. The summed E-state index contributed by atoms with van der Waals surface area (Å²) in [6.45, 7) is 6.86. The van der Waals surface area contributed by atoms with E-state index in [1.165, 1.54) is 26.2 Å². The molecule has 1 aromatic heterocycles. The number of likely N-dealkylation sites (tertiary alicyclic amines) is 1. The van der Waals surface area contributed by atoms with Crippen molar-refractivity contribution >= 4 is 26.4 Å². The normalized spacial score (nSPS) is 13.9. The standard InChI is InChI=1S/C25H30FN3O3Si/c1-17(30)27-23-20(11-14-33(3)4)16-22(24(28-23)32-2)25(31)29-12-9-19(10-13-29)15-18-5-7-21(26)8-6-18/h5-8,16,19,33H,9-10,12-13,15H2,1-4H3,(H,27,28,30). The molecular weight excluding hydrogens is 437 g/mol. The second kappa shape index (κ2) is 11.1. The summed E-state index contributed by atoms with van der Waals surface area (Å²) >= 11 is 0. The number of rotatable bonds is 5. The van der Waals surface area contributed by atoms with Crippen LogP contribution in [-0.2, 0) is 11.2 Å². The highest BCUT2D eigenvalue weighted by Crippen LogP contribution is 2.27. The Morgan fingerprint density at radius 2 is 1.91 bits per heavy atom. The van der Waals surface area contributed by atoms with Gasteiger partial charge in [-0.15, -0.1) is 5.54 Å². The summed E-state index contributed by atoms with van der Waals surface area (Å²) in [6.07, 6.45) is 2.61. The van der Waals surface area contributed by atoms with Crippen LogP contribution >= 0.6 is 0 Å². The first-order valence-corrected chi connectivity index (χ1v) is 14.1. The zero-order chi connectivity index (χ0) is 24.0. The maximum Gasteiger partial charge on any atom is 0.259 e. The molecule has 174 valence electrons. The summed E-state index contributed by atoms with van der Waals surface area (Å²) in [5.74, 6) is 3.35. The van der Waals surface area contributed by atoms with Crippen LogP contribution in [0.5, 0.6) is 5.88 Å². The van der Waals surface area contributed by atoms with Crippen molar-refractivity contribution in [3.05, 3.63) is 52.8 Å². The molecule has 6 nitrogen and oxygen atoms in total. The van der Waals surface area contributed by atoms with Crippen LogP contribution in [0, 0.1) is 23.2 Å². The van der Waals surface area contributed by atoms with Crippen LogP contribution in [0.2, 0.25) is 13.1 Å². The van der Waals surface area contributed by atoms with Crippen LogP contribution in [0.4, 0.5) is 10.2 Å². The van der Waals surface area contributed by atoms with Gasteiger partial charge in [-0.3, -0.25) is 9.59 Å². The molecule has 0 aliphatic carbocycles. The summed E-state index contributed by atoms with van der Waals surface area (Å²) in [6, 6.07) is 8.29. The molecule has 2 aromatic rings. The number of anilines is 1. The van der Waals surface area contributed by atoms with Crippen LogP contribution in [0.1, 0.15) is 41.3 Å². The smallest absolute Gasteiger partial charge is 0.259 e. The second-order valence-corrected chi connectivity index (χ2v) is 11.2. The van der Waals surface area contributed by atoms with Crippen molar-refractivity contribution in [2.45, 2.75) is 39.3 Å². The fourth-order valence-corrected chi connectivity index (χ4v) is 4.29. The number of nitrogens with one attached hydrogen (secondary N) is 1. The van der Waals surface area contributed by atoms with E-state index in [2.05, 4.69) is 34.9 Å². The van der Waals surface area contributed by atoms with E-state index in [-0.39, 0.29) is 23.5 Å². The molecule has 2 amide bonds. The summed E-state index contributed by atoms with van der Waals surface area (Å²) in [7, 11) is 0.283. The predicted molar refractivity (Wildman–Crippen MR) is 130 cm³/mol. The van der Waals surface area contributed by atoms with E-state index < -0.39 is 8.80 Å². The van der Waals surface area contributed by atoms with Gasteiger partial charge in [-0.25, -0.2) is 4.39 Å². The monoisotopic (exact) mass is 467 g/mol. The summed E-state index contributed by atoms with van der Waals surface area (Å²) in [5, 5.41) is 2.68. The number of methoxy groups -OCH3 is 1. The number of amides is 2. The van der Waals surface area contributed by atoms with Gasteiger partial charge >= 0.3 is 0 Å². The average Bonchev–Trinajstić information content (AvgIpc) is 2.79. The van der Waals surface area contributed by atoms with E-state index in [4.69, 9.17) is 4.74 Å². The third kappa shape index (κ3) is 6.65. The molecule has 0 unspecified atom stereocenters. The Labute approximate surface area is 196 Å². The number of carbonyl (C=O) groups is 2. The highest BCUT2D eigenvalue weighted by molar-refractivity contribution is 6.64. The Hall–Kier alpha value is -3.18. The van der Waals surface area contributed by atoms with Crippen molar-refractivity contribution in [1.29, 1.82) is 0 Å². The van der Waals surface area contributed by atoms with Gasteiger partial charge in [0.2, 0.25) is 11.8 Å². The lowest BCUT2D eigenvalue weighted by atomic mass is 9.90. The van der Waals surface area contributed by atoms with Crippen molar-refractivity contribution in [3.63, 3.8) is 0 Å². The molecule has 8 heteroatoms. The first-order chi connectivity index (χ1) is 15.8. The van der Waals surface area contributed by atoms with E-state index in [9.17, 15) is 14.0 Å². The average molecular weight is 468 g/mol. The summed E-state index contributed by atoms with van der Waals surface area (Å²) in [4.78, 5) is 31.2. The summed E-state index contributed by atoms with van der Waals surface area (Å²) in [5.41, 5.74) is 5.17. The number of pyridine rings is 1. The summed E-state index contributed by atoms with van der Waals surface area (Å²) < 4.78 is 18.5. The quantitative estimate of drug-likeness (QED) is 0.538. The van der Waals surface area contributed by atoms with Gasteiger partial charge in [-0.1, -0.05) is 31.1 Å². The first-order valence-electron chi connectivity index (χ1n) is 11.2. The number of hydrogen-bond acceptors (Lipinski definition) is 4. The Kier molecular flexibility index (Phi) is 8.23. The molecule has 0 bridgehead atoms. The molecule has 1 N–H and O–H groups in total. The number of benzene rings is 1. The number of halogens is 1. The minimum atomic E-state index is -1.17. The second-order valence-electron chi connectivity index (χ2n) is 8.61. The molecule has 0 atom stereocenters. The predicted octanol–water partition coefficient (Wildman–Crippen LogP) is 3.66. The molecular formula is C25H30FN3O3Si. The van der Waals surface area contributed by atoms with Gasteiger partial charge in [-0.2, -0.15) is 4.98 Å². The van der Waals surface area contributed by atoms with Gasteiger partial charge in [0.15, 0.2) is 5.82 Å². The first kappa shape index (κ1) is 24.5. The largest absolute Gasteiger partial charge is 0.480 e. The van der Waals surface area contributed by atoms with Crippen molar-refractivity contribution in [3.8, 4) is 17.3 Å². The van der Waals surface area contributed by atoms with Gasteiger partial charge in [0.1, 0.15) is 20.2 Å². The van der Waals surface area contributed by atoms with Gasteiger partial charge in [0, 0.05) is 20.0 Å². The van der Waals surface area contributed by atoms with Crippen molar-refractivity contribution in [1.82, 2.24) is 9.88 Å². The van der Waals surface area contributed by atoms with Crippen LogP contribution in [0.25, 0.3) is 0 Å². The van der Waals surface area contributed by atoms with Gasteiger partial charge in [-0.05, 0) is 48.9 Å². The fourth-order valence-electron chi connectivity index (χ4n) is 3.85. The van der Waals surface area contributed by atoms with Crippen molar-refractivity contribution in [2.75, 3.05) is 25.5 Å². The van der Waals surface area contributed by atoms with E-state index >= 15 is 0 Å². The van der Waals surface area contributed by atoms with Gasteiger partial charge in [0.05, 0.1) is 12.7 Å². The van der Waals surface area contributed by atoms with Gasteiger partial charge in [0.25, 0.3) is 5.91 Å². The number of nitrogens with zero attached hydrogens (tertiary/aromatic N) is 2. The molecule has 1 aromatic carbocycles. The lowest BCUT2D eigenvalue weighted by molar-refractivity contribution is -0.114. The maximum absolute atomic E-state index is 13.3. The van der Waals surface area contributed by atoms with Crippen LogP contribution in [-0.4, -0.2) is 50.7 Å². The van der Waals surface area contributed by atoms with Crippen molar-refractivity contribution in [2.24, 2.45) is 5.92 Å². The Bertz CT molecular complexity index is 1070. The molecule has 3 rings (SSSR count). The Balaban J connectivity index is 1.77.